The lowest BCUT2D eigenvalue weighted by molar-refractivity contribution is -0.162. The molecule has 18 heavy (non-hydrogen) atoms. The van der Waals surface area contributed by atoms with E-state index in [0.717, 1.165) is 6.07 Å². The molecule has 1 aromatic carbocycles. The number of hydrogen-bond donors (Lipinski definition) is 0. The van der Waals surface area contributed by atoms with Gasteiger partial charge in [-0.25, -0.2) is 9.18 Å². The van der Waals surface area contributed by atoms with E-state index in [9.17, 15) is 9.18 Å². The van der Waals surface area contributed by atoms with Gasteiger partial charge in [0.25, 0.3) is 0 Å². The van der Waals surface area contributed by atoms with Crippen molar-refractivity contribution in [3.05, 3.63) is 29.0 Å². The van der Waals surface area contributed by atoms with Crippen LogP contribution < -0.4 is 4.74 Å². The Morgan fingerprint density at radius 3 is 2.56 bits per heavy atom. The smallest absolute Gasteiger partial charge is 0.347 e. The standard InChI is InChI=1S/C13H16ClFO3/c1-8(12(16)18-13(2,3)4)17-11-7-9(15)5-6-10(11)14/h5-8H,1-4H3. The van der Waals surface area contributed by atoms with Gasteiger partial charge in [0.1, 0.15) is 17.2 Å². The van der Waals surface area contributed by atoms with Crippen LogP contribution in [0.4, 0.5) is 4.39 Å². The lowest BCUT2D eigenvalue weighted by atomic mass is 10.2. The van der Waals surface area contributed by atoms with E-state index in [2.05, 4.69) is 0 Å². The first-order chi connectivity index (χ1) is 8.19. The molecule has 3 nitrogen and oxygen atoms in total. The molecule has 0 heterocycles. The summed E-state index contributed by atoms with van der Waals surface area (Å²) in [5.41, 5.74) is -0.597. The molecule has 1 aromatic rings. The van der Waals surface area contributed by atoms with Crippen molar-refractivity contribution in [2.75, 3.05) is 0 Å². The molecular formula is C13H16ClFO3. The first kappa shape index (κ1) is 14.8. The topological polar surface area (TPSA) is 35.5 Å². The fraction of sp³-hybridized carbons (Fsp3) is 0.462. The van der Waals surface area contributed by atoms with Gasteiger partial charge in [0.05, 0.1) is 5.02 Å². The first-order valence-corrected chi connectivity index (χ1v) is 5.91. The molecule has 1 unspecified atom stereocenters. The van der Waals surface area contributed by atoms with E-state index in [4.69, 9.17) is 21.1 Å². The molecule has 0 aliphatic rings. The third-order valence-corrected chi connectivity index (χ3v) is 2.25. The Balaban J connectivity index is 2.72. The van der Waals surface area contributed by atoms with Crippen LogP contribution in [-0.4, -0.2) is 17.7 Å². The third kappa shape index (κ3) is 4.53. The predicted octanol–water partition coefficient (Wildman–Crippen LogP) is 3.59. The summed E-state index contributed by atoms with van der Waals surface area (Å²) in [5.74, 6) is -0.886. The van der Waals surface area contributed by atoms with Gasteiger partial charge in [0.15, 0.2) is 6.10 Å². The van der Waals surface area contributed by atoms with Gasteiger partial charge in [0, 0.05) is 6.07 Å². The van der Waals surface area contributed by atoms with Crippen LogP contribution in [0, 0.1) is 5.82 Å². The van der Waals surface area contributed by atoms with Gasteiger partial charge in [-0.1, -0.05) is 11.6 Å². The SMILES string of the molecule is CC(Oc1cc(F)ccc1Cl)C(=O)OC(C)(C)C. The summed E-state index contributed by atoms with van der Waals surface area (Å²) in [5, 5.41) is 0.242. The van der Waals surface area contributed by atoms with Crippen LogP contribution in [0.1, 0.15) is 27.7 Å². The Morgan fingerprint density at radius 1 is 1.39 bits per heavy atom. The van der Waals surface area contributed by atoms with E-state index in [-0.39, 0.29) is 10.8 Å². The summed E-state index contributed by atoms with van der Waals surface area (Å²) < 4.78 is 23.4. The van der Waals surface area contributed by atoms with Gasteiger partial charge in [-0.05, 0) is 39.8 Å². The Morgan fingerprint density at radius 2 is 2.00 bits per heavy atom. The molecule has 0 aromatic heterocycles. The highest BCUT2D eigenvalue weighted by molar-refractivity contribution is 6.32. The fourth-order valence-electron chi connectivity index (χ4n) is 1.19. The molecule has 0 fully saturated rings. The maximum atomic E-state index is 13.0. The lowest BCUT2D eigenvalue weighted by Gasteiger charge is -2.22. The molecule has 0 saturated carbocycles. The second-order valence-corrected chi connectivity index (χ2v) is 5.28. The van der Waals surface area contributed by atoms with Gasteiger partial charge < -0.3 is 9.47 Å². The second-order valence-electron chi connectivity index (χ2n) is 4.87. The number of esters is 1. The molecule has 0 radical (unpaired) electrons. The first-order valence-electron chi connectivity index (χ1n) is 5.53. The summed E-state index contributed by atoms with van der Waals surface area (Å²) in [6, 6.07) is 3.71. The number of ether oxygens (including phenoxy) is 2. The maximum absolute atomic E-state index is 13.0. The number of benzene rings is 1. The van der Waals surface area contributed by atoms with Crippen molar-refractivity contribution in [3.63, 3.8) is 0 Å². The van der Waals surface area contributed by atoms with Crippen molar-refractivity contribution in [1.29, 1.82) is 0 Å². The molecule has 0 saturated heterocycles. The van der Waals surface area contributed by atoms with Gasteiger partial charge in [-0.15, -0.1) is 0 Å². The van der Waals surface area contributed by atoms with Crippen LogP contribution in [-0.2, 0) is 9.53 Å². The molecule has 0 amide bonds. The Hall–Kier alpha value is -1.29. The fourth-order valence-corrected chi connectivity index (χ4v) is 1.35. The normalized spacial score (nSPS) is 13.0. The number of carbonyl (C=O) groups is 1. The van der Waals surface area contributed by atoms with Crippen molar-refractivity contribution < 1.29 is 18.7 Å². The van der Waals surface area contributed by atoms with E-state index in [0.29, 0.717) is 0 Å². The van der Waals surface area contributed by atoms with Gasteiger partial charge in [0.2, 0.25) is 0 Å². The molecule has 0 bridgehead atoms. The molecule has 0 spiro atoms. The monoisotopic (exact) mass is 274 g/mol. The molecule has 1 rings (SSSR count). The molecule has 100 valence electrons. The molecular weight excluding hydrogens is 259 g/mol. The van der Waals surface area contributed by atoms with Crippen molar-refractivity contribution in [2.24, 2.45) is 0 Å². The predicted molar refractivity (Wildman–Crippen MR) is 67.3 cm³/mol. The average Bonchev–Trinajstić information content (AvgIpc) is 2.21. The van der Waals surface area contributed by atoms with Crippen LogP contribution in [0.15, 0.2) is 18.2 Å². The van der Waals surface area contributed by atoms with E-state index in [1.165, 1.54) is 19.1 Å². The van der Waals surface area contributed by atoms with Crippen LogP contribution in [0.25, 0.3) is 0 Å². The third-order valence-electron chi connectivity index (χ3n) is 1.94. The largest absolute Gasteiger partial charge is 0.477 e. The van der Waals surface area contributed by atoms with Crippen LogP contribution in [0.5, 0.6) is 5.75 Å². The molecule has 0 N–H and O–H groups in total. The van der Waals surface area contributed by atoms with E-state index in [1.54, 1.807) is 20.8 Å². The summed E-state index contributed by atoms with van der Waals surface area (Å²) >= 11 is 5.83. The zero-order valence-electron chi connectivity index (χ0n) is 10.8. The summed E-state index contributed by atoms with van der Waals surface area (Å²) in [7, 11) is 0. The minimum Gasteiger partial charge on any atom is -0.477 e. The number of halogens is 2. The molecule has 5 heteroatoms. The number of carbonyl (C=O) groups excluding carboxylic acids is 1. The van der Waals surface area contributed by atoms with Crippen molar-refractivity contribution in [3.8, 4) is 5.75 Å². The van der Waals surface area contributed by atoms with Gasteiger partial charge >= 0.3 is 5.97 Å². The second kappa shape index (κ2) is 5.57. The van der Waals surface area contributed by atoms with Gasteiger partial charge in [-0.2, -0.15) is 0 Å². The summed E-state index contributed by atoms with van der Waals surface area (Å²) in [6.07, 6.45) is -0.858. The highest BCUT2D eigenvalue weighted by atomic mass is 35.5. The summed E-state index contributed by atoms with van der Waals surface area (Å²) in [4.78, 5) is 11.7. The summed E-state index contributed by atoms with van der Waals surface area (Å²) in [6.45, 7) is 6.79. The zero-order chi connectivity index (χ0) is 13.9. The maximum Gasteiger partial charge on any atom is 0.347 e. The Kier molecular flexibility index (Phi) is 4.57. The highest BCUT2D eigenvalue weighted by Gasteiger charge is 2.23. The van der Waals surface area contributed by atoms with E-state index < -0.39 is 23.5 Å². The van der Waals surface area contributed by atoms with Crippen LogP contribution >= 0.6 is 11.6 Å². The van der Waals surface area contributed by atoms with E-state index in [1.807, 2.05) is 0 Å². The van der Waals surface area contributed by atoms with E-state index >= 15 is 0 Å². The van der Waals surface area contributed by atoms with Crippen molar-refractivity contribution in [1.82, 2.24) is 0 Å². The van der Waals surface area contributed by atoms with Crippen molar-refractivity contribution in [2.45, 2.75) is 39.4 Å². The lowest BCUT2D eigenvalue weighted by Crippen LogP contribution is -2.33. The quantitative estimate of drug-likeness (QED) is 0.790. The van der Waals surface area contributed by atoms with Crippen molar-refractivity contribution >= 4 is 17.6 Å². The Labute approximate surface area is 111 Å². The minimum absolute atomic E-state index is 0.120. The average molecular weight is 275 g/mol. The molecule has 0 aliphatic carbocycles. The molecule has 1 atom stereocenters. The minimum atomic E-state index is -0.858. The number of hydrogen-bond acceptors (Lipinski definition) is 3. The van der Waals surface area contributed by atoms with Gasteiger partial charge in [-0.3, -0.25) is 0 Å². The zero-order valence-corrected chi connectivity index (χ0v) is 11.5. The Bertz CT molecular complexity index is 440. The number of rotatable bonds is 3. The van der Waals surface area contributed by atoms with Crippen LogP contribution in [0.3, 0.4) is 0 Å². The molecule has 0 aliphatic heterocycles. The van der Waals surface area contributed by atoms with Crippen LogP contribution in [0.2, 0.25) is 5.02 Å². The highest BCUT2D eigenvalue weighted by Crippen LogP contribution is 2.26.